The van der Waals surface area contributed by atoms with E-state index in [1.807, 2.05) is 190 Å². The van der Waals surface area contributed by atoms with Crippen LogP contribution in [0.2, 0.25) is 5.02 Å². The SMILES string of the molecule is C=C(NC(C)C)C1CCCC1.C=C(NC(C)C)C1CCN(C)CC1.C=C(NC(C)C)c1ccc(Cl)cc1.CC(C)NC(=O)C(C)C.CC(C)NC(=O)C1CCCN(C(=O)OC(C)(C)C)C1.CC(C)NC(=O)C1CCCNC1.CC(C)NC(=O)Cc1ccccc1.CC(C)NC(=O)c1ccccc1.CC1CCC(C(=O)NC(C)C)CC1. The summed E-state index contributed by atoms with van der Waals surface area (Å²) in [6.07, 6.45) is 16.6. The van der Waals surface area contributed by atoms with Crippen molar-refractivity contribution in [2.75, 3.05) is 46.3 Å². The molecule has 21 heteroatoms. The van der Waals surface area contributed by atoms with Gasteiger partial charge in [-0.1, -0.05) is 126 Å². The van der Waals surface area contributed by atoms with Crippen LogP contribution in [-0.4, -0.2) is 158 Å². The van der Waals surface area contributed by atoms with Crippen LogP contribution in [0.4, 0.5) is 4.79 Å². The van der Waals surface area contributed by atoms with Gasteiger partial charge < -0.3 is 67.7 Å². The molecule has 10 N–H and O–H groups in total. The first-order valence-corrected chi connectivity index (χ1v) is 43.6. The normalized spacial score (nSPS) is 17.4. The molecule has 0 bridgehead atoms. The van der Waals surface area contributed by atoms with Gasteiger partial charge in [0.1, 0.15) is 5.60 Å². The van der Waals surface area contributed by atoms with E-state index in [9.17, 15) is 33.6 Å². The highest BCUT2D eigenvalue weighted by Gasteiger charge is 2.32. The Bertz CT molecular complexity index is 3140. The Morgan fingerprint density at radius 3 is 1.29 bits per heavy atom. The summed E-state index contributed by atoms with van der Waals surface area (Å²) in [5.41, 5.74) is 5.79. The number of rotatable bonds is 22. The molecule has 5 aliphatic rings. The second kappa shape index (κ2) is 60.1. The standard InChI is InChI=1S/C14H26N2O3.C11H14ClN.C11H22N2.C11H21NO.C11H15NO.C10H13NO.C10H19N.C9H18N2O.C7H15NO/c1-10(2)15-12(17)11-7-6-8-16(9-11)13(18)19-14(3,4)5;1-8(2)13-9(3)10-4-6-11(12)7-5-10;1-9(2)12-10(3)11-5-7-13(4)8-6-11;1-8(2)12-11(13)10-6-4-9(3)5-7-10;1-9(2)12-11(13)8-10-6-4-3-5-7-10;1-8(2)11-10(12)9-6-4-3-5-7-9;1-8(2)11-9(3)10-6-4-5-7-10;1-7(2)11-9(12)8-4-3-5-10-6-8;1-5(2)7(9)8-6(3)4/h10-11H,6-9H2,1-5H3,(H,15,17);4-8,13H,3H2,1-2H3;9,11-12H,3,5-8H2,1-2,4H3;8-10H,4-7H2,1-3H3,(H,12,13);3-7,9H,8H2,1-2H3,(H,12,13);3-8H,1-2H3,(H,11,12);8,10-11H,3-7H2,1-2H3;7-8,10H,3-6H2,1-2H3,(H,11,12);5-6H,1-4H3,(H,8,9). The van der Waals surface area contributed by atoms with E-state index in [0.29, 0.717) is 55.0 Å². The molecule has 654 valence electrons. The van der Waals surface area contributed by atoms with Gasteiger partial charge in [-0.25, -0.2) is 4.79 Å². The third-order valence-electron chi connectivity index (χ3n) is 18.5. The lowest BCUT2D eigenvalue weighted by Crippen LogP contribution is -2.48. The maximum Gasteiger partial charge on any atom is 0.410 e. The summed E-state index contributed by atoms with van der Waals surface area (Å²) in [4.78, 5) is 84.5. The number of benzene rings is 3. The number of ether oxygens (including phenoxy) is 1. The molecule has 0 aromatic heterocycles. The quantitative estimate of drug-likeness (QED) is 0.0450. The van der Waals surface area contributed by atoms with E-state index in [2.05, 4.69) is 133 Å². The van der Waals surface area contributed by atoms with Gasteiger partial charge in [0, 0.05) is 119 Å². The summed E-state index contributed by atoms with van der Waals surface area (Å²) in [6.45, 7) is 65.6. The van der Waals surface area contributed by atoms with Crippen molar-refractivity contribution in [1.82, 2.24) is 63.0 Å². The number of carbonyl (C=O) groups excluding carboxylic acids is 7. The van der Waals surface area contributed by atoms with Gasteiger partial charge in [0.25, 0.3) is 5.91 Å². The third-order valence-corrected chi connectivity index (χ3v) is 18.8. The topological polar surface area (TPSA) is 255 Å². The van der Waals surface area contributed by atoms with Crippen LogP contribution in [0.25, 0.3) is 5.70 Å². The Balaban J connectivity index is 0.00000128. The Hall–Kier alpha value is -7.42. The molecule has 3 heterocycles. The maximum absolute atomic E-state index is 12.0. The fourth-order valence-electron chi connectivity index (χ4n) is 12.7. The molecule has 3 saturated heterocycles. The fourth-order valence-corrected chi connectivity index (χ4v) is 12.8. The molecule has 3 aliphatic heterocycles. The molecule has 0 spiro atoms. The van der Waals surface area contributed by atoms with Crippen LogP contribution in [0.3, 0.4) is 0 Å². The maximum atomic E-state index is 12.0. The smallest absolute Gasteiger partial charge is 0.410 e. The van der Waals surface area contributed by atoms with Crippen LogP contribution in [0, 0.1) is 41.4 Å². The zero-order valence-electron chi connectivity index (χ0n) is 76.3. The van der Waals surface area contributed by atoms with E-state index in [0.717, 1.165) is 85.3 Å². The van der Waals surface area contributed by atoms with Crippen molar-refractivity contribution in [3.05, 3.63) is 138 Å². The third kappa shape index (κ3) is 55.8. The lowest BCUT2D eigenvalue weighted by Gasteiger charge is -2.33. The highest BCUT2D eigenvalue weighted by atomic mass is 35.5. The van der Waals surface area contributed by atoms with Crippen molar-refractivity contribution >= 4 is 58.8 Å². The molecule has 2 saturated carbocycles. The largest absolute Gasteiger partial charge is 0.444 e. The summed E-state index contributed by atoms with van der Waals surface area (Å²) < 4.78 is 5.34. The average molecular weight is 1620 g/mol. The molecular weight excluding hydrogens is 1460 g/mol. The number of halogens is 1. The molecule has 3 aromatic carbocycles. The zero-order valence-corrected chi connectivity index (χ0v) is 77.1. The van der Waals surface area contributed by atoms with Gasteiger partial charge in [-0.05, 0) is 296 Å². The molecule has 8 rings (SSSR count). The van der Waals surface area contributed by atoms with Crippen molar-refractivity contribution in [3.8, 4) is 0 Å². The predicted octanol–water partition coefficient (Wildman–Crippen LogP) is 17.6. The molecular formula is C94H163ClN12O8. The number of carbonyl (C=O) groups is 7. The van der Waals surface area contributed by atoms with Crippen LogP contribution < -0.4 is 53.2 Å². The van der Waals surface area contributed by atoms with E-state index in [4.69, 9.17) is 16.3 Å². The second-order valence-electron chi connectivity index (χ2n) is 35.4. The van der Waals surface area contributed by atoms with Gasteiger partial charge in [0.05, 0.1) is 18.3 Å². The zero-order chi connectivity index (χ0) is 87.5. The number of likely N-dealkylation sites (tertiary alicyclic amines) is 2. The molecule has 20 nitrogen and oxygen atoms in total. The van der Waals surface area contributed by atoms with Crippen molar-refractivity contribution < 1.29 is 38.3 Å². The molecule has 3 aromatic rings. The summed E-state index contributed by atoms with van der Waals surface area (Å²) in [7, 11) is 2.19. The van der Waals surface area contributed by atoms with E-state index >= 15 is 0 Å². The number of hydrogen-bond donors (Lipinski definition) is 10. The van der Waals surface area contributed by atoms with Gasteiger partial charge in [-0.3, -0.25) is 28.8 Å². The Morgan fingerprint density at radius 1 is 0.452 bits per heavy atom. The lowest BCUT2D eigenvalue weighted by atomic mass is 9.82. The predicted molar refractivity (Wildman–Crippen MR) is 483 cm³/mol. The van der Waals surface area contributed by atoms with E-state index in [1.54, 1.807) is 17.0 Å². The number of hydrogen-bond acceptors (Lipinski definition) is 13. The highest BCUT2D eigenvalue weighted by molar-refractivity contribution is 6.30. The van der Waals surface area contributed by atoms with Crippen LogP contribution in [-0.2, 0) is 35.1 Å². The minimum absolute atomic E-state index is 0.00870. The monoisotopic (exact) mass is 1620 g/mol. The van der Waals surface area contributed by atoms with E-state index < -0.39 is 5.60 Å². The van der Waals surface area contributed by atoms with Crippen LogP contribution in [0.15, 0.2) is 116 Å². The van der Waals surface area contributed by atoms with Crippen molar-refractivity contribution in [2.24, 2.45) is 41.4 Å². The van der Waals surface area contributed by atoms with Crippen LogP contribution in [0.1, 0.15) is 278 Å². The molecule has 2 aliphatic carbocycles. The van der Waals surface area contributed by atoms with Gasteiger partial charge in [-0.2, -0.15) is 0 Å². The lowest BCUT2D eigenvalue weighted by molar-refractivity contribution is -0.127. The van der Waals surface area contributed by atoms with E-state index in [-0.39, 0.29) is 95.5 Å². The molecule has 2 atom stereocenters. The van der Waals surface area contributed by atoms with Crippen molar-refractivity contribution in [1.29, 1.82) is 0 Å². The number of piperidine rings is 3. The van der Waals surface area contributed by atoms with Crippen LogP contribution in [0.5, 0.6) is 0 Å². The first-order chi connectivity index (χ1) is 53.8. The first kappa shape index (κ1) is 108. The summed E-state index contributed by atoms with van der Waals surface area (Å²) in [5.74, 6) is 3.45. The van der Waals surface area contributed by atoms with Gasteiger partial charge in [0.2, 0.25) is 29.5 Å². The summed E-state index contributed by atoms with van der Waals surface area (Å²) in [6, 6.07) is 29.4. The van der Waals surface area contributed by atoms with Gasteiger partial charge in [-0.15, -0.1) is 0 Å². The summed E-state index contributed by atoms with van der Waals surface area (Å²) >= 11 is 5.77. The van der Waals surface area contributed by atoms with Gasteiger partial charge in [0.15, 0.2) is 0 Å². The number of amides is 7. The number of nitrogens with one attached hydrogen (secondary N) is 10. The van der Waals surface area contributed by atoms with Gasteiger partial charge >= 0.3 is 6.09 Å². The number of nitrogens with zero attached hydrogens (tertiary/aromatic N) is 2. The van der Waals surface area contributed by atoms with Crippen LogP contribution >= 0.6 is 11.6 Å². The van der Waals surface area contributed by atoms with Crippen molar-refractivity contribution in [3.63, 3.8) is 0 Å². The average Bonchev–Trinajstić information content (AvgIpc) is 1.35. The fraction of sp³-hybridized carbons (Fsp3) is 0.670. The molecule has 2 unspecified atom stereocenters. The Kier molecular flexibility index (Phi) is 56.2. The van der Waals surface area contributed by atoms with Crippen molar-refractivity contribution in [2.45, 2.75) is 322 Å². The molecule has 5 fully saturated rings. The molecule has 7 amide bonds. The second-order valence-corrected chi connectivity index (χ2v) is 35.9. The Morgan fingerprint density at radius 2 is 0.870 bits per heavy atom. The molecule has 115 heavy (non-hydrogen) atoms. The first-order valence-electron chi connectivity index (χ1n) is 43.2. The summed E-state index contributed by atoms with van der Waals surface area (Å²) in [5, 5.41) is 31.3. The minimum Gasteiger partial charge on any atom is -0.444 e. The Labute approximate surface area is 704 Å². The minimum atomic E-state index is -0.496. The van der Waals surface area contributed by atoms with E-state index in [1.165, 1.54) is 75.9 Å². The molecule has 0 radical (unpaired) electrons. The highest BCUT2D eigenvalue weighted by Crippen LogP contribution is 2.30. The number of allylic oxidation sites excluding steroid dienone is 2.